The van der Waals surface area contributed by atoms with Gasteiger partial charge in [0.1, 0.15) is 11.5 Å². The van der Waals surface area contributed by atoms with Crippen LogP contribution in [0.1, 0.15) is 43.1 Å². The van der Waals surface area contributed by atoms with E-state index in [1.165, 1.54) is 0 Å². The second-order valence-electron chi connectivity index (χ2n) is 10.5. The molecule has 0 radical (unpaired) electrons. The van der Waals surface area contributed by atoms with Crippen LogP contribution in [-0.2, 0) is 7.05 Å². The molecular formula is C27H36N8O4. The summed E-state index contributed by atoms with van der Waals surface area (Å²) in [5.74, 6) is 2.08. The van der Waals surface area contributed by atoms with Crippen LogP contribution in [-0.4, -0.2) is 74.5 Å². The Morgan fingerprint density at radius 1 is 1.13 bits per heavy atom. The molecule has 0 spiro atoms. The van der Waals surface area contributed by atoms with Crippen molar-refractivity contribution in [1.82, 2.24) is 29.8 Å². The lowest BCUT2D eigenvalue weighted by molar-refractivity contribution is 0.0915. The minimum atomic E-state index is -0.378. The summed E-state index contributed by atoms with van der Waals surface area (Å²) in [5, 5.41) is 12.1. The number of nitrogens with zero attached hydrogens (tertiary/aromatic N) is 6. The monoisotopic (exact) mass is 536 g/mol. The standard InChI is InChI=1S/C27H36N8O4/c1-17(13-36)31-26(37)21-10-24(33-27(32-21)39-15-18-3-4-18)35-7-5-19(6-8-35)14-38-23-9-20(11-29-25(23)28)22-12-34(2)16-30-22/h9-12,16-19,36H,3-8,13-15H2,1-2H3,(H2,28,29)(H,31,37)/t17-/m1/s1. The average molecular weight is 537 g/mol. The number of nitrogen functional groups attached to an aromatic ring is 1. The van der Waals surface area contributed by atoms with Crippen molar-refractivity contribution < 1.29 is 19.4 Å². The number of aryl methyl sites for hydroxylation is 1. The summed E-state index contributed by atoms with van der Waals surface area (Å²) < 4.78 is 13.8. The number of carbonyl (C=O) groups is 1. The van der Waals surface area contributed by atoms with Gasteiger partial charge < -0.3 is 35.1 Å². The summed E-state index contributed by atoms with van der Waals surface area (Å²) in [6, 6.07) is 3.41. The number of pyridine rings is 1. The molecule has 1 amide bonds. The molecule has 1 aliphatic heterocycles. The topological polar surface area (TPSA) is 154 Å². The normalized spacial score (nSPS) is 16.6. The number of aromatic nitrogens is 5. The first kappa shape index (κ1) is 26.7. The predicted octanol–water partition coefficient (Wildman–Crippen LogP) is 2.05. The Hall–Kier alpha value is -3.93. The molecule has 1 saturated heterocycles. The maximum atomic E-state index is 12.7. The maximum Gasteiger partial charge on any atom is 0.319 e. The number of amides is 1. The van der Waals surface area contributed by atoms with Gasteiger partial charge in [0.15, 0.2) is 11.6 Å². The van der Waals surface area contributed by atoms with Gasteiger partial charge in [-0.05, 0) is 50.5 Å². The van der Waals surface area contributed by atoms with Crippen molar-refractivity contribution in [1.29, 1.82) is 0 Å². The summed E-state index contributed by atoms with van der Waals surface area (Å²) in [6.07, 6.45) is 9.43. The maximum absolute atomic E-state index is 12.7. The molecule has 2 fully saturated rings. The van der Waals surface area contributed by atoms with E-state index >= 15 is 0 Å². The Morgan fingerprint density at radius 2 is 1.87 bits per heavy atom. The molecule has 0 unspecified atom stereocenters. The first-order chi connectivity index (χ1) is 18.9. The predicted molar refractivity (Wildman–Crippen MR) is 146 cm³/mol. The fourth-order valence-corrected chi connectivity index (χ4v) is 4.39. The molecular weight excluding hydrogens is 500 g/mol. The third-order valence-electron chi connectivity index (χ3n) is 7.02. The van der Waals surface area contributed by atoms with Gasteiger partial charge in [-0.25, -0.2) is 9.97 Å². The molecule has 1 aliphatic carbocycles. The largest absolute Gasteiger partial charge is 0.489 e. The van der Waals surface area contributed by atoms with Crippen molar-refractivity contribution in [3.8, 4) is 23.0 Å². The number of aliphatic hydroxyl groups is 1. The van der Waals surface area contributed by atoms with E-state index in [1.54, 1.807) is 25.5 Å². The molecule has 4 heterocycles. The van der Waals surface area contributed by atoms with Crippen molar-refractivity contribution >= 4 is 17.5 Å². The number of hydrogen-bond acceptors (Lipinski definition) is 10. The van der Waals surface area contributed by atoms with Crippen LogP contribution >= 0.6 is 0 Å². The lowest BCUT2D eigenvalue weighted by atomic mass is 9.98. The van der Waals surface area contributed by atoms with E-state index in [4.69, 9.17) is 15.2 Å². The number of rotatable bonds is 11. The number of carbonyl (C=O) groups excluding carboxylic acids is 1. The molecule has 0 aromatic carbocycles. The number of aliphatic hydroxyl groups excluding tert-OH is 1. The fourth-order valence-electron chi connectivity index (χ4n) is 4.39. The highest BCUT2D eigenvalue weighted by Gasteiger charge is 2.26. The lowest BCUT2D eigenvalue weighted by Crippen LogP contribution is -2.37. The van der Waals surface area contributed by atoms with Gasteiger partial charge in [0.2, 0.25) is 0 Å². The highest BCUT2D eigenvalue weighted by Crippen LogP contribution is 2.31. The Bertz CT molecular complexity index is 1290. The zero-order chi connectivity index (χ0) is 27.4. The van der Waals surface area contributed by atoms with Gasteiger partial charge in [0, 0.05) is 50.2 Å². The minimum absolute atomic E-state index is 0.153. The summed E-state index contributed by atoms with van der Waals surface area (Å²) in [5.41, 5.74) is 7.98. The van der Waals surface area contributed by atoms with Crippen molar-refractivity contribution in [3.05, 3.63) is 36.5 Å². The van der Waals surface area contributed by atoms with E-state index in [0.29, 0.717) is 42.4 Å². The Morgan fingerprint density at radius 3 is 2.56 bits per heavy atom. The van der Waals surface area contributed by atoms with Gasteiger partial charge in [0.25, 0.3) is 5.91 Å². The van der Waals surface area contributed by atoms with E-state index in [1.807, 2.05) is 23.9 Å². The minimum Gasteiger partial charge on any atom is -0.489 e. The van der Waals surface area contributed by atoms with E-state index in [9.17, 15) is 9.90 Å². The van der Waals surface area contributed by atoms with Crippen LogP contribution in [0.2, 0.25) is 0 Å². The van der Waals surface area contributed by atoms with Crippen molar-refractivity contribution in [2.24, 2.45) is 18.9 Å². The van der Waals surface area contributed by atoms with Gasteiger partial charge in [-0.3, -0.25) is 4.79 Å². The van der Waals surface area contributed by atoms with Crippen molar-refractivity contribution in [3.63, 3.8) is 0 Å². The van der Waals surface area contributed by atoms with Crippen LogP contribution in [0.4, 0.5) is 11.6 Å². The lowest BCUT2D eigenvalue weighted by Gasteiger charge is -2.33. The molecule has 4 N–H and O–H groups in total. The van der Waals surface area contributed by atoms with Crippen LogP contribution in [0.3, 0.4) is 0 Å². The van der Waals surface area contributed by atoms with Crippen molar-refractivity contribution in [2.75, 3.05) is 43.5 Å². The number of piperidine rings is 1. The Labute approximate surface area is 227 Å². The van der Waals surface area contributed by atoms with Crippen LogP contribution in [0.5, 0.6) is 11.8 Å². The molecule has 0 bridgehead atoms. The molecule has 3 aromatic heterocycles. The second-order valence-corrected chi connectivity index (χ2v) is 10.5. The van der Waals surface area contributed by atoms with E-state index in [-0.39, 0.29) is 30.3 Å². The molecule has 1 atom stereocenters. The van der Waals surface area contributed by atoms with Crippen molar-refractivity contribution in [2.45, 2.75) is 38.6 Å². The third kappa shape index (κ3) is 6.94. The first-order valence-electron chi connectivity index (χ1n) is 13.4. The van der Waals surface area contributed by atoms with E-state index < -0.39 is 0 Å². The van der Waals surface area contributed by atoms with Gasteiger partial charge in [-0.2, -0.15) is 9.97 Å². The molecule has 1 saturated carbocycles. The molecule has 39 heavy (non-hydrogen) atoms. The number of imidazole rings is 1. The highest BCUT2D eigenvalue weighted by molar-refractivity contribution is 5.93. The first-order valence-corrected chi connectivity index (χ1v) is 13.4. The molecule has 2 aliphatic rings. The van der Waals surface area contributed by atoms with Gasteiger partial charge in [-0.1, -0.05) is 0 Å². The fraction of sp³-hybridized carbons (Fsp3) is 0.519. The molecule has 5 rings (SSSR count). The van der Waals surface area contributed by atoms with Crippen LogP contribution in [0, 0.1) is 11.8 Å². The number of nitrogens with one attached hydrogen (secondary N) is 1. The highest BCUT2D eigenvalue weighted by atomic mass is 16.5. The van der Waals surface area contributed by atoms with Crippen LogP contribution in [0.15, 0.2) is 30.9 Å². The molecule has 12 nitrogen and oxygen atoms in total. The summed E-state index contributed by atoms with van der Waals surface area (Å²) in [6.45, 7) is 4.16. The zero-order valence-corrected chi connectivity index (χ0v) is 22.4. The van der Waals surface area contributed by atoms with Gasteiger partial charge in [-0.15, -0.1) is 0 Å². The van der Waals surface area contributed by atoms with Crippen LogP contribution < -0.4 is 25.4 Å². The third-order valence-corrected chi connectivity index (χ3v) is 7.02. The smallest absolute Gasteiger partial charge is 0.319 e. The Kier molecular flexibility index (Phi) is 8.10. The SMILES string of the molecule is C[C@H](CO)NC(=O)c1cc(N2CCC(COc3cc(-c4cn(C)cn4)cnc3N)CC2)nc(OCC2CC2)n1. The number of ether oxygens (including phenoxy) is 2. The number of anilines is 2. The Balaban J connectivity index is 1.21. The molecule has 208 valence electrons. The zero-order valence-electron chi connectivity index (χ0n) is 22.4. The quantitative estimate of drug-likeness (QED) is 0.332. The van der Waals surface area contributed by atoms with E-state index in [0.717, 1.165) is 50.0 Å². The number of hydrogen-bond donors (Lipinski definition) is 3. The number of nitrogens with two attached hydrogens (primary N) is 1. The van der Waals surface area contributed by atoms with Gasteiger partial charge in [0.05, 0.1) is 31.8 Å². The molecule has 3 aromatic rings. The summed E-state index contributed by atoms with van der Waals surface area (Å²) >= 11 is 0. The molecule has 12 heteroatoms. The summed E-state index contributed by atoms with van der Waals surface area (Å²) in [7, 11) is 1.92. The van der Waals surface area contributed by atoms with Crippen LogP contribution in [0.25, 0.3) is 11.3 Å². The van der Waals surface area contributed by atoms with E-state index in [2.05, 4.69) is 30.2 Å². The second kappa shape index (κ2) is 11.9. The summed E-state index contributed by atoms with van der Waals surface area (Å²) in [4.78, 5) is 32.5. The average Bonchev–Trinajstić information content (AvgIpc) is 3.69. The van der Waals surface area contributed by atoms with Gasteiger partial charge >= 0.3 is 6.01 Å².